The number of fused-ring (bicyclic) bond motifs is 2. The highest BCUT2D eigenvalue weighted by molar-refractivity contribution is 7.99. The molecule has 4 rings (SSSR count). The Morgan fingerprint density at radius 3 is 3.12 bits per heavy atom. The predicted octanol–water partition coefficient (Wildman–Crippen LogP) is 2.54. The summed E-state index contributed by atoms with van der Waals surface area (Å²) >= 11 is 1.67. The first-order valence-corrected chi connectivity index (χ1v) is 8.52. The van der Waals surface area contributed by atoms with E-state index in [9.17, 15) is 9.18 Å². The lowest BCUT2D eigenvalue weighted by Crippen LogP contribution is -2.31. The first kappa shape index (κ1) is 15.1. The molecule has 1 N–H and O–H groups in total. The highest BCUT2D eigenvalue weighted by Gasteiger charge is 2.25. The monoisotopic (exact) mass is 343 g/mol. The number of aryl methyl sites for hydroxylation is 1. The predicted molar refractivity (Wildman–Crippen MR) is 87.5 cm³/mol. The molecule has 1 unspecified atom stereocenters. The van der Waals surface area contributed by atoms with Crippen molar-refractivity contribution in [2.75, 3.05) is 5.75 Å². The fourth-order valence-electron chi connectivity index (χ4n) is 2.74. The molecule has 0 aliphatic carbocycles. The van der Waals surface area contributed by atoms with E-state index in [1.807, 2.05) is 6.92 Å². The second-order valence-corrected chi connectivity index (χ2v) is 6.72. The Morgan fingerprint density at radius 1 is 1.42 bits per heavy atom. The van der Waals surface area contributed by atoms with Gasteiger partial charge in [-0.2, -0.15) is 4.98 Å². The Labute approximate surface area is 141 Å². The van der Waals surface area contributed by atoms with Crippen LogP contribution >= 0.6 is 11.8 Å². The summed E-state index contributed by atoms with van der Waals surface area (Å²) in [5.41, 5.74) is 1.64. The minimum atomic E-state index is -0.382. The van der Waals surface area contributed by atoms with E-state index in [1.165, 1.54) is 16.6 Å². The molecular formula is C16H14FN5OS. The van der Waals surface area contributed by atoms with Crippen LogP contribution in [-0.4, -0.2) is 31.2 Å². The molecule has 1 aromatic carbocycles. The molecule has 0 fully saturated rings. The van der Waals surface area contributed by atoms with Gasteiger partial charge in [-0.15, -0.1) is 16.9 Å². The average molecular weight is 343 g/mol. The van der Waals surface area contributed by atoms with Crippen LogP contribution in [0, 0.1) is 12.7 Å². The third kappa shape index (κ3) is 2.62. The van der Waals surface area contributed by atoms with Crippen molar-refractivity contribution >= 4 is 23.4 Å². The third-order valence-corrected chi connectivity index (χ3v) is 5.07. The maximum absolute atomic E-state index is 13.6. The van der Waals surface area contributed by atoms with Crippen LogP contribution in [-0.2, 0) is 0 Å². The Morgan fingerprint density at radius 2 is 2.29 bits per heavy atom. The SMILES string of the molecule is Cc1ccnc2nc(C(=O)NC3CCSc4ccc(F)cc43)nn12. The van der Waals surface area contributed by atoms with Gasteiger partial charge in [0.2, 0.25) is 5.82 Å². The number of amides is 1. The van der Waals surface area contributed by atoms with Gasteiger partial charge in [0.1, 0.15) is 5.82 Å². The van der Waals surface area contributed by atoms with Gasteiger partial charge in [0.15, 0.2) is 0 Å². The lowest BCUT2D eigenvalue weighted by molar-refractivity contribution is 0.0924. The van der Waals surface area contributed by atoms with Gasteiger partial charge in [0.25, 0.3) is 11.7 Å². The van der Waals surface area contributed by atoms with Crippen molar-refractivity contribution in [3.63, 3.8) is 0 Å². The number of carbonyl (C=O) groups is 1. The van der Waals surface area contributed by atoms with Gasteiger partial charge in [0, 0.05) is 22.5 Å². The van der Waals surface area contributed by atoms with Crippen molar-refractivity contribution in [2.45, 2.75) is 24.3 Å². The average Bonchev–Trinajstić information content (AvgIpc) is 3.01. The van der Waals surface area contributed by atoms with Crippen LogP contribution in [0.15, 0.2) is 35.4 Å². The Balaban J connectivity index is 1.62. The van der Waals surface area contributed by atoms with E-state index < -0.39 is 0 Å². The summed E-state index contributed by atoms with van der Waals surface area (Å²) in [5.74, 6) is 0.620. The molecule has 0 saturated carbocycles. The molecule has 1 amide bonds. The molecule has 3 heterocycles. The maximum atomic E-state index is 13.6. The molecule has 122 valence electrons. The minimum absolute atomic E-state index is 0.0629. The van der Waals surface area contributed by atoms with Gasteiger partial charge in [-0.05, 0) is 43.2 Å². The standard InChI is InChI=1S/C16H14FN5OS/c1-9-4-6-18-16-20-14(21-22(9)16)15(23)19-12-5-7-24-13-3-2-10(17)8-11(12)13/h2-4,6,8,12H,5,7H2,1H3,(H,19,23). The normalized spacial score (nSPS) is 16.8. The van der Waals surface area contributed by atoms with Gasteiger partial charge >= 0.3 is 0 Å². The number of hydrogen-bond acceptors (Lipinski definition) is 5. The van der Waals surface area contributed by atoms with Crippen LogP contribution in [0.25, 0.3) is 5.78 Å². The van der Waals surface area contributed by atoms with Crippen LogP contribution in [0.1, 0.15) is 34.3 Å². The first-order chi connectivity index (χ1) is 11.6. The molecule has 2 aromatic heterocycles. The molecule has 1 aliphatic heterocycles. The van der Waals surface area contributed by atoms with E-state index in [4.69, 9.17) is 0 Å². The molecule has 0 spiro atoms. The summed E-state index contributed by atoms with van der Waals surface area (Å²) in [5, 5.41) is 7.12. The number of carbonyl (C=O) groups excluding carboxylic acids is 1. The van der Waals surface area contributed by atoms with Gasteiger partial charge in [-0.1, -0.05) is 0 Å². The molecule has 0 radical (unpaired) electrons. The topological polar surface area (TPSA) is 72.2 Å². The molecule has 3 aromatic rings. The number of hydrogen-bond donors (Lipinski definition) is 1. The van der Waals surface area contributed by atoms with Crippen molar-refractivity contribution in [1.29, 1.82) is 0 Å². The second-order valence-electron chi connectivity index (χ2n) is 5.58. The van der Waals surface area contributed by atoms with Gasteiger partial charge in [-0.25, -0.2) is 13.9 Å². The Kier molecular flexibility index (Phi) is 3.68. The van der Waals surface area contributed by atoms with E-state index in [0.29, 0.717) is 5.78 Å². The zero-order chi connectivity index (χ0) is 16.7. The second kappa shape index (κ2) is 5.86. The van der Waals surface area contributed by atoms with Crippen LogP contribution in [0.4, 0.5) is 4.39 Å². The number of thioether (sulfide) groups is 1. The van der Waals surface area contributed by atoms with Gasteiger partial charge in [0.05, 0.1) is 6.04 Å². The molecular weight excluding hydrogens is 329 g/mol. The summed E-state index contributed by atoms with van der Waals surface area (Å²) in [4.78, 5) is 21.8. The molecule has 0 bridgehead atoms. The van der Waals surface area contributed by atoms with Crippen molar-refractivity contribution in [3.8, 4) is 0 Å². The van der Waals surface area contributed by atoms with Crippen molar-refractivity contribution in [3.05, 3.63) is 53.4 Å². The number of nitrogens with zero attached hydrogens (tertiary/aromatic N) is 4. The zero-order valence-corrected chi connectivity index (χ0v) is 13.7. The molecule has 8 heteroatoms. The summed E-state index contributed by atoms with van der Waals surface area (Å²) in [6.07, 6.45) is 2.36. The van der Waals surface area contributed by atoms with Crippen LogP contribution in [0.5, 0.6) is 0 Å². The number of aromatic nitrogens is 4. The largest absolute Gasteiger partial charge is 0.342 e. The van der Waals surface area contributed by atoms with Gasteiger partial charge < -0.3 is 5.32 Å². The van der Waals surface area contributed by atoms with E-state index in [2.05, 4.69) is 20.4 Å². The first-order valence-electron chi connectivity index (χ1n) is 7.53. The number of halogens is 1. The lowest BCUT2D eigenvalue weighted by Gasteiger charge is -2.25. The highest BCUT2D eigenvalue weighted by atomic mass is 32.2. The van der Waals surface area contributed by atoms with E-state index in [1.54, 1.807) is 30.1 Å². The molecule has 1 aliphatic rings. The summed E-state index contributed by atoms with van der Waals surface area (Å²) in [6.45, 7) is 1.86. The quantitative estimate of drug-likeness (QED) is 0.774. The van der Waals surface area contributed by atoms with E-state index in [-0.39, 0.29) is 23.6 Å². The van der Waals surface area contributed by atoms with Crippen molar-refractivity contribution in [1.82, 2.24) is 24.9 Å². The summed E-state index contributed by atoms with van der Waals surface area (Å²) < 4.78 is 15.1. The smallest absolute Gasteiger partial charge is 0.291 e. The van der Waals surface area contributed by atoms with Crippen molar-refractivity contribution < 1.29 is 9.18 Å². The van der Waals surface area contributed by atoms with E-state index in [0.717, 1.165) is 28.3 Å². The van der Waals surface area contributed by atoms with Crippen LogP contribution in [0.3, 0.4) is 0 Å². The summed E-state index contributed by atoms with van der Waals surface area (Å²) in [7, 11) is 0. The molecule has 6 nitrogen and oxygen atoms in total. The molecule has 1 atom stereocenters. The third-order valence-electron chi connectivity index (χ3n) is 3.95. The fraction of sp³-hybridized carbons (Fsp3) is 0.250. The number of benzene rings is 1. The van der Waals surface area contributed by atoms with Gasteiger partial charge in [-0.3, -0.25) is 4.79 Å². The Hall–Kier alpha value is -2.48. The highest BCUT2D eigenvalue weighted by Crippen LogP contribution is 2.36. The zero-order valence-electron chi connectivity index (χ0n) is 12.9. The van der Waals surface area contributed by atoms with Crippen molar-refractivity contribution in [2.24, 2.45) is 0 Å². The number of nitrogens with one attached hydrogen (secondary N) is 1. The lowest BCUT2D eigenvalue weighted by atomic mass is 10.0. The fourth-order valence-corrected chi connectivity index (χ4v) is 3.85. The van der Waals surface area contributed by atoms with E-state index >= 15 is 0 Å². The molecule has 0 saturated heterocycles. The van der Waals surface area contributed by atoms with Crippen LogP contribution < -0.4 is 5.32 Å². The van der Waals surface area contributed by atoms with Crippen LogP contribution in [0.2, 0.25) is 0 Å². The minimum Gasteiger partial charge on any atom is -0.342 e. The maximum Gasteiger partial charge on any atom is 0.291 e. The summed E-state index contributed by atoms with van der Waals surface area (Å²) in [6, 6.07) is 6.22. The molecule has 24 heavy (non-hydrogen) atoms. The Bertz CT molecular complexity index is 941. The number of rotatable bonds is 2.